The fraction of sp³-hybridized carbons (Fsp3) is 0.538. The lowest BCUT2D eigenvalue weighted by Crippen LogP contribution is -2.44. The number of hydrogen-bond donors (Lipinski definition) is 1. The maximum atomic E-state index is 12.6. The Kier molecular flexibility index (Phi) is 4.35. The van der Waals surface area contributed by atoms with Crippen LogP contribution in [0, 0.1) is 12.8 Å². The first kappa shape index (κ1) is 15.0. The minimum Gasteiger partial charge on any atom is -0.393 e. The minimum absolute atomic E-state index is 0.0308. The number of aryl methyl sites for hydroxylation is 1. The van der Waals surface area contributed by atoms with Gasteiger partial charge in [-0.25, -0.2) is 8.42 Å². The van der Waals surface area contributed by atoms with E-state index in [1.807, 2.05) is 19.9 Å². The Balaban J connectivity index is 2.32. The second-order valence-corrected chi connectivity index (χ2v) is 8.01. The molecule has 0 saturated carbocycles. The maximum absolute atomic E-state index is 12.6. The Bertz CT molecular complexity index is 553. The Morgan fingerprint density at radius 1 is 1.37 bits per heavy atom. The van der Waals surface area contributed by atoms with Crippen molar-refractivity contribution in [1.82, 2.24) is 4.31 Å². The van der Waals surface area contributed by atoms with Crippen LogP contribution in [-0.4, -0.2) is 37.0 Å². The van der Waals surface area contributed by atoms with Gasteiger partial charge in [0.05, 0.1) is 11.0 Å². The SMILES string of the molecule is Cc1cc(Br)cc(S(=O)(=O)N2CC[C@@H](O)[C@H](C)C2)c1. The lowest BCUT2D eigenvalue weighted by atomic mass is 9.99. The van der Waals surface area contributed by atoms with Gasteiger partial charge in [-0.2, -0.15) is 4.31 Å². The Morgan fingerprint density at radius 2 is 2.05 bits per heavy atom. The molecular formula is C13H18BrNO3S. The molecule has 0 aliphatic carbocycles. The molecule has 1 N–H and O–H groups in total. The summed E-state index contributed by atoms with van der Waals surface area (Å²) >= 11 is 3.33. The molecule has 6 heteroatoms. The molecule has 0 amide bonds. The van der Waals surface area contributed by atoms with Gasteiger partial charge in [-0.3, -0.25) is 0 Å². The van der Waals surface area contributed by atoms with Gasteiger partial charge in [0.15, 0.2) is 0 Å². The molecule has 106 valence electrons. The van der Waals surface area contributed by atoms with E-state index in [4.69, 9.17) is 0 Å². The lowest BCUT2D eigenvalue weighted by Gasteiger charge is -2.33. The first-order chi connectivity index (χ1) is 8.80. The number of rotatable bonds is 2. The van der Waals surface area contributed by atoms with Crippen molar-refractivity contribution in [3.8, 4) is 0 Å². The third-order valence-corrected chi connectivity index (χ3v) is 5.78. The van der Waals surface area contributed by atoms with Crippen molar-refractivity contribution in [2.75, 3.05) is 13.1 Å². The monoisotopic (exact) mass is 347 g/mol. The summed E-state index contributed by atoms with van der Waals surface area (Å²) in [7, 11) is -3.47. The molecule has 1 heterocycles. The molecule has 1 aliphatic heterocycles. The average Bonchev–Trinajstić information content (AvgIpc) is 2.31. The summed E-state index contributed by atoms with van der Waals surface area (Å²) in [4.78, 5) is 0.308. The summed E-state index contributed by atoms with van der Waals surface area (Å²) in [5, 5.41) is 9.69. The second-order valence-electron chi connectivity index (χ2n) is 5.16. The van der Waals surface area contributed by atoms with E-state index in [1.165, 1.54) is 4.31 Å². The molecule has 0 bridgehead atoms. The summed E-state index contributed by atoms with van der Waals surface area (Å²) in [6, 6.07) is 5.18. The molecule has 2 atom stereocenters. The van der Waals surface area contributed by atoms with Gasteiger partial charge in [-0.1, -0.05) is 22.9 Å². The van der Waals surface area contributed by atoms with Crippen LogP contribution < -0.4 is 0 Å². The lowest BCUT2D eigenvalue weighted by molar-refractivity contribution is 0.0628. The number of halogens is 1. The molecule has 0 unspecified atom stereocenters. The van der Waals surface area contributed by atoms with Crippen molar-refractivity contribution in [3.63, 3.8) is 0 Å². The highest BCUT2D eigenvalue weighted by Gasteiger charge is 2.32. The topological polar surface area (TPSA) is 57.6 Å². The van der Waals surface area contributed by atoms with Gasteiger partial charge in [0.1, 0.15) is 0 Å². The molecule has 0 spiro atoms. The number of aliphatic hydroxyl groups excluding tert-OH is 1. The predicted molar refractivity (Wildman–Crippen MR) is 77.4 cm³/mol. The van der Waals surface area contributed by atoms with Crippen LogP contribution in [-0.2, 0) is 10.0 Å². The fourth-order valence-corrected chi connectivity index (χ4v) is 4.76. The van der Waals surface area contributed by atoms with Crippen LogP contribution in [0.3, 0.4) is 0 Å². The van der Waals surface area contributed by atoms with Crippen LogP contribution in [0.1, 0.15) is 18.9 Å². The van der Waals surface area contributed by atoms with Gasteiger partial charge in [-0.15, -0.1) is 0 Å². The fourth-order valence-electron chi connectivity index (χ4n) is 2.31. The summed E-state index contributed by atoms with van der Waals surface area (Å²) in [5.74, 6) is -0.0308. The van der Waals surface area contributed by atoms with Crippen LogP contribution in [0.5, 0.6) is 0 Å². The quantitative estimate of drug-likeness (QED) is 0.891. The van der Waals surface area contributed by atoms with Crippen LogP contribution in [0.4, 0.5) is 0 Å². The molecule has 1 aromatic carbocycles. The molecule has 1 aliphatic rings. The van der Waals surface area contributed by atoms with Crippen LogP contribution in [0.15, 0.2) is 27.6 Å². The highest BCUT2D eigenvalue weighted by Crippen LogP contribution is 2.26. The molecule has 4 nitrogen and oxygen atoms in total. The van der Waals surface area contributed by atoms with E-state index in [2.05, 4.69) is 15.9 Å². The highest BCUT2D eigenvalue weighted by atomic mass is 79.9. The molecular weight excluding hydrogens is 330 g/mol. The van der Waals surface area contributed by atoms with Crippen molar-refractivity contribution in [1.29, 1.82) is 0 Å². The summed E-state index contributed by atoms with van der Waals surface area (Å²) in [6.07, 6.45) is 0.0867. The van der Waals surface area contributed by atoms with Gasteiger partial charge in [0.2, 0.25) is 10.0 Å². The molecule has 2 rings (SSSR count). The number of hydrogen-bond acceptors (Lipinski definition) is 3. The molecule has 19 heavy (non-hydrogen) atoms. The average molecular weight is 348 g/mol. The van der Waals surface area contributed by atoms with Crippen molar-refractivity contribution in [3.05, 3.63) is 28.2 Å². The third kappa shape index (κ3) is 3.18. The maximum Gasteiger partial charge on any atom is 0.243 e. The summed E-state index contributed by atoms with van der Waals surface area (Å²) in [5.41, 5.74) is 0.901. The number of aliphatic hydroxyl groups is 1. The second kappa shape index (κ2) is 5.52. The van der Waals surface area contributed by atoms with E-state index in [9.17, 15) is 13.5 Å². The third-order valence-electron chi connectivity index (χ3n) is 3.48. The van der Waals surface area contributed by atoms with E-state index < -0.39 is 16.1 Å². The van der Waals surface area contributed by atoms with Gasteiger partial charge < -0.3 is 5.11 Å². The van der Waals surface area contributed by atoms with Crippen LogP contribution >= 0.6 is 15.9 Å². The Morgan fingerprint density at radius 3 is 2.63 bits per heavy atom. The number of sulfonamides is 1. The standard InChI is InChI=1S/C13H18BrNO3S/c1-9-5-11(14)7-12(6-9)19(17,18)15-4-3-13(16)10(2)8-15/h5-7,10,13,16H,3-4,8H2,1-2H3/t10-,13-/m1/s1. The van der Waals surface area contributed by atoms with Gasteiger partial charge in [0, 0.05) is 17.6 Å². The number of benzene rings is 1. The zero-order valence-electron chi connectivity index (χ0n) is 11.0. The van der Waals surface area contributed by atoms with Crippen molar-refractivity contribution in [2.24, 2.45) is 5.92 Å². The van der Waals surface area contributed by atoms with E-state index in [-0.39, 0.29) is 5.92 Å². The first-order valence-corrected chi connectivity index (χ1v) is 8.49. The number of piperidine rings is 1. The zero-order valence-corrected chi connectivity index (χ0v) is 13.4. The number of nitrogens with zero attached hydrogens (tertiary/aromatic N) is 1. The predicted octanol–water partition coefficient (Wildman–Crippen LogP) is 2.15. The first-order valence-electron chi connectivity index (χ1n) is 6.26. The van der Waals surface area contributed by atoms with Crippen LogP contribution in [0.25, 0.3) is 0 Å². The van der Waals surface area contributed by atoms with E-state index >= 15 is 0 Å². The summed E-state index contributed by atoms with van der Waals surface area (Å²) < 4.78 is 27.4. The molecule has 0 aromatic heterocycles. The zero-order chi connectivity index (χ0) is 14.2. The van der Waals surface area contributed by atoms with Gasteiger partial charge in [-0.05, 0) is 43.0 Å². The van der Waals surface area contributed by atoms with Crippen molar-refractivity contribution < 1.29 is 13.5 Å². The van der Waals surface area contributed by atoms with E-state index in [0.717, 1.165) is 10.0 Å². The largest absolute Gasteiger partial charge is 0.393 e. The van der Waals surface area contributed by atoms with E-state index in [1.54, 1.807) is 12.1 Å². The smallest absolute Gasteiger partial charge is 0.243 e. The summed E-state index contributed by atoms with van der Waals surface area (Å²) in [6.45, 7) is 4.49. The molecule has 0 radical (unpaired) electrons. The van der Waals surface area contributed by atoms with Gasteiger partial charge >= 0.3 is 0 Å². The normalized spacial score (nSPS) is 25.5. The molecule has 1 aromatic rings. The molecule has 1 saturated heterocycles. The Hall–Kier alpha value is -0.430. The van der Waals surface area contributed by atoms with Gasteiger partial charge in [0.25, 0.3) is 0 Å². The van der Waals surface area contributed by atoms with Crippen molar-refractivity contribution >= 4 is 26.0 Å². The van der Waals surface area contributed by atoms with E-state index in [0.29, 0.717) is 24.4 Å². The Labute approximate surface area is 122 Å². The highest BCUT2D eigenvalue weighted by molar-refractivity contribution is 9.10. The minimum atomic E-state index is -3.47. The van der Waals surface area contributed by atoms with Crippen molar-refractivity contribution in [2.45, 2.75) is 31.3 Å². The van der Waals surface area contributed by atoms with Crippen LogP contribution in [0.2, 0.25) is 0 Å². The molecule has 1 fully saturated rings.